The largest absolute Gasteiger partial charge is 0.342 e. The van der Waals surface area contributed by atoms with E-state index in [0.717, 1.165) is 6.42 Å². The van der Waals surface area contributed by atoms with E-state index in [1.54, 1.807) is 4.90 Å². The molecule has 0 aromatic carbocycles. The Morgan fingerprint density at radius 3 is 2.60 bits per heavy atom. The van der Waals surface area contributed by atoms with Crippen LogP contribution in [0.15, 0.2) is 12.2 Å². The zero-order valence-corrected chi connectivity index (χ0v) is 8.91. The fraction of sp³-hybridized carbons (Fsp3) is 0.545. The van der Waals surface area contributed by atoms with Crippen LogP contribution in [-0.2, 0) is 14.4 Å². The van der Waals surface area contributed by atoms with E-state index >= 15 is 0 Å². The lowest BCUT2D eigenvalue weighted by atomic mass is 10.1. The summed E-state index contributed by atoms with van der Waals surface area (Å²) in [5, 5.41) is 0. The van der Waals surface area contributed by atoms with Gasteiger partial charge >= 0.3 is 0 Å². The minimum absolute atomic E-state index is 0.0746. The molecule has 0 bridgehead atoms. The van der Waals surface area contributed by atoms with Gasteiger partial charge in [0.1, 0.15) is 0 Å². The Morgan fingerprint density at radius 1 is 1.47 bits per heavy atom. The molecule has 4 nitrogen and oxygen atoms in total. The lowest BCUT2D eigenvalue weighted by Crippen LogP contribution is -2.29. The lowest BCUT2D eigenvalue weighted by Gasteiger charge is -2.13. The topological polar surface area (TPSA) is 54.5 Å². The van der Waals surface area contributed by atoms with E-state index in [2.05, 4.69) is 6.58 Å². The summed E-state index contributed by atoms with van der Waals surface area (Å²) in [5.74, 6) is -0.908. The third-order valence-corrected chi connectivity index (χ3v) is 2.42. The molecule has 15 heavy (non-hydrogen) atoms. The summed E-state index contributed by atoms with van der Waals surface area (Å²) in [5.41, 5.74) is 0.257. The van der Waals surface area contributed by atoms with Crippen LogP contribution in [0.3, 0.4) is 0 Å². The first-order valence-electron chi connectivity index (χ1n) is 5.03. The molecule has 0 spiro atoms. The summed E-state index contributed by atoms with van der Waals surface area (Å²) in [6.45, 7) is 5.99. The van der Waals surface area contributed by atoms with E-state index in [1.165, 1.54) is 6.92 Å². The van der Waals surface area contributed by atoms with Crippen LogP contribution in [0.25, 0.3) is 0 Å². The second-order valence-corrected chi connectivity index (χ2v) is 3.77. The Hall–Kier alpha value is -1.45. The van der Waals surface area contributed by atoms with Crippen LogP contribution in [0.5, 0.6) is 0 Å². The molecule has 1 saturated heterocycles. The third kappa shape index (κ3) is 3.01. The zero-order valence-electron chi connectivity index (χ0n) is 8.91. The van der Waals surface area contributed by atoms with Crippen LogP contribution in [0, 0.1) is 0 Å². The van der Waals surface area contributed by atoms with Crippen molar-refractivity contribution in [3.8, 4) is 0 Å². The van der Waals surface area contributed by atoms with Crippen molar-refractivity contribution >= 4 is 17.5 Å². The Bertz CT molecular complexity index is 320. The summed E-state index contributed by atoms with van der Waals surface area (Å²) in [7, 11) is 0. The van der Waals surface area contributed by atoms with Crippen molar-refractivity contribution in [1.29, 1.82) is 0 Å². The second-order valence-electron chi connectivity index (χ2n) is 3.77. The summed E-state index contributed by atoms with van der Waals surface area (Å²) in [6, 6.07) is 0. The number of hydrogen-bond acceptors (Lipinski definition) is 3. The summed E-state index contributed by atoms with van der Waals surface area (Å²) in [6.07, 6.45) is 1.52. The first kappa shape index (κ1) is 11.6. The normalized spacial score (nSPS) is 15.5. The number of rotatable bonds is 5. The minimum Gasteiger partial charge on any atom is -0.342 e. The number of hydrogen-bond donors (Lipinski definition) is 0. The molecular formula is C11H15NO3. The van der Waals surface area contributed by atoms with Crippen molar-refractivity contribution in [3.05, 3.63) is 12.2 Å². The number of amides is 1. The highest BCUT2D eigenvalue weighted by molar-refractivity contribution is 6.43. The standard InChI is InChI=1S/C11H15NO3/c1-8(2)11(15)9(13)5-7-12-6-3-4-10(12)14/h1,3-7H2,2H3. The smallest absolute Gasteiger partial charge is 0.223 e. The number of nitrogens with zero attached hydrogens (tertiary/aromatic N) is 1. The molecule has 82 valence electrons. The van der Waals surface area contributed by atoms with E-state index in [-0.39, 0.29) is 17.9 Å². The zero-order chi connectivity index (χ0) is 11.4. The number of allylic oxidation sites excluding steroid dienone is 1. The number of carbonyl (C=O) groups excluding carboxylic acids is 3. The van der Waals surface area contributed by atoms with E-state index < -0.39 is 11.6 Å². The van der Waals surface area contributed by atoms with Gasteiger partial charge in [-0.2, -0.15) is 0 Å². The van der Waals surface area contributed by atoms with Gasteiger partial charge in [-0.1, -0.05) is 6.58 Å². The number of carbonyl (C=O) groups is 3. The van der Waals surface area contributed by atoms with Gasteiger partial charge in [-0.25, -0.2) is 0 Å². The van der Waals surface area contributed by atoms with Crippen LogP contribution < -0.4 is 0 Å². The van der Waals surface area contributed by atoms with Crippen molar-refractivity contribution < 1.29 is 14.4 Å². The Labute approximate surface area is 88.9 Å². The molecule has 0 aromatic heterocycles. The van der Waals surface area contributed by atoms with E-state index in [4.69, 9.17) is 0 Å². The monoisotopic (exact) mass is 209 g/mol. The minimum atomic E-state index is -0.526. The number of likely N-dealkylation sites (tertiary alicyclic amines) is 1. The highest BCUT2D eigenvalue weighted by Crippen LogP contribution is 2.10. The van der Waals surface area contributed by atoms with E-state index in [9.17, 15) is 14.4 Å². The summed E-state index contributed by atoms with van der Waals surface area (Å²) < 4.78 is 0. The molecule has 0 atom stereocenters. The molecule has 0 radical (unpaired) electrons. The molecular weight excluding hydrogens is 194 g/mol. The quantitative estimate of drug-likeness (QED) is 0.495. The summed E-state index contributed by atoms with van der Waals surface area (Å²) in [4.78, 5) is 35.3. The van der Waals surface area contributed by atoms with Crippen LogP contribution in [0.1, 0.15) is 26.2 Å². The van der Waals surface area contributed by atoms with Gasteiger partial charge in [0.05, 0.1) is 0 Å². The van der Waals surface area contributed by atoms with Crippen LogP contribution >= 0.6 is 0 Å². The first-order valence-corrected chi connectivity index (χ1v) is 5.03. The van der Waals surface area contributed by atoms with Gasteiger partial charge in [-0.3, -0.25) is 14.4 Å². The molecule has 0 unspecified atom stereocenters. The molecule has 1 heterocycles. The fourth-order valence-electron chi connectivity index (χ4n) is 1.53. The van der Waals surface area contributed by atoms with Gasteiger partial charge in [0.25, 0.3) is 0 Å². The van der Waals surface area contributed by atoms with Crippen molar-refractivity contribution in [2.24, 2.45) is 0 Å². The Balaban J connectivity index is 2.37. The molecule has 1 rings (SSSR count). The fourth-order valence-corrected chi connectivity index (χ4v) is 1.53. The van der Waals surface area contributed by atoms with Crippen molar-refractivity contribution in [2.45, 2.75) is 26.2 Å². The Morgan fingerprint density at radius 2 is 2.13 bits per heavy atom. The maximum absolute atomic E-state index is 11.3. The first-order chi connectivity index (χ1) is 7.02. The molecule has 0 aliphatic carbocycles. The molecule has 4 heteroatoms. The second kappa shape index (κ2) is 4.87. The molecule has 0 aromatic rings. The third-order valence-electron chi connectivity index (χ3n) is 2.42. The maximum Gasteiger partial charge on any atom is 0.223 e. The average molecular weight is 209 g/mol. The van der Waals surface area contributed by atoms with Crippen LogP contribution in [-0.4, -0.2) is 35.5 Å². The van der Waals surface area contributed by atoms with Crippen LogP contribution in [0.4, 0.5) is 0 Å². The number of ketones is 2. The molecule has 1 aliphatic heterocycles. The molecule has 0 saturated carbocycles. The molecule has 0 N–H and O–H groups in total. The number of Topliss-reactive ketones (excluding diaryl/α,β-unsaturated/α-hetero) is 2. The Kier molecular flexibility index (Phi) is 3.77. The van der Waals surface area contributed by atoms with Crippen molar-refractivity contribution in [2.75, 3.05) is 13.1 Å². The molecule has 1 amide bonds. The van der Waals surface area contributed by atoms with E-state index in [1.807, 2.05) is 0 Å². The van der Waals surface area contributed by atoms with Gasteiger partial charge in [0.2, 0.25) is 17.5 Å². The average Bonchev–Trinajstić information content (AvgIpc) is 2.59. The maximum atomic E-state index is 11.3. The van der Waals surface area contributed by atoms with Gasteiger partial charge in [-0.05, 0) is 18.9 Å². The van der Waals surface area contributed by atoms with Gasteiger partial charge in [-0.15, -0.1) is 0 Å². The highest BCUT2D eigenvalue weighted by Gasteiger charge is 2.22. The molecule has 1 fully saturated rings. The highest BCUT2D eigenvalue weighted by atomic mass is 16.2. The van der Waals surface area contributed by atoms with Crippen LogP contribution in [0.2, 0.25) is 0 Å². The SMILES string of the molecule is C=C(C)C(=O)C(=O)CCN1CCCC1=O. The molecule has 1 aliphatic rings. The summed E-state index contributed by atoms with van der Waals surface area (Å²) >= 11 is 0. The van der Waals surface area contributed by atoms with E-state index in [0.29, 0.717) is 19.5 Å². The van der Waals surface area contributed by atoms with Gasteiger partial charge in [0, 0.05) is 25.9 Å². The van der Waals surface area contributed by atoms with Gasteiger partial charge < -0.3 is 4.90 Å². The van der Waals surface area contributed by atoms with Gasteiger partial charge in [0.15, 0.2) is 0 Å². The van der Waals surface area contributed by atoms with Crippen molar-refractivity contribution in [1.82, 2.24) is 4.90 Å². The predicted molar refractivity (Wildman–Crippen MR) is 55.3 cm³/mol. The lowest BCUT2D eigenvalue weighted by molar-refractivity contribution is -0.135. The predicted octanol–water partition coefficient (Wildman–Crippen LogP) is 0.713. The van der Waals surface area contributed by atoms with Crippen molar-refractivity contribution in [3.63, 3.8) is 0 Å².